The van der Waals surface area contributed by atoms with Crippen LogP contribution in [0.15, 0.2) is 0 Å². The number of aliphatic hydroxyl groups excluding tert-OH is 4. The molecule has 1 saturated heterocycles. The number of nitrogens with two attached hydrogens (primary N) is 1. The summed E-state index contributed by atoms with van der Waals surface area (Å²) in [7, 11) is 0. The number of amides is 1. The molecule has 0 aromatic carbocycles. The second-order valence-corrected chi connectivity index (χ2v) is 3.98. The molecule has 100 valence electrons. The average Bonchev–Trinajstić information content (AvgIpc) is 2.38. The van der Waals surface area contributed by atoms with Gasteiger partial charge in [-0.1, -0.05) is 0 Å². The standard InChI is InChI=1S/C9H18N2O6/c1-3(10)8(16)11-9-7(15)6(14)5(13)4(2-12)17-9/h3-7,9,12-15H,2,10H2,1H3,(H,11,16)/t3-,4+,5+,6-,7+,9?/m0/s1/i/hD. The van der Waals surface area contributed by atoms with Gasteiger partial charge in [0.2, 0.25) is 5.91 Å². The maximum Gasteiger partial charge on any atom is 0.238 e. The van der Waals surface area contributed by atoms with Gasteiger partial charge in [-0.05, 0) is 6.92 Å². The number of rotatable bonds is 4. The fraction of sp³-hybridized carbons (Fsp3) is 0.889. The summed E-state index contributed by atoms with van der Waals surface area (Å²) in [6.07, 6.45) is -6.87. The SMILES string of the molecule is [2H]N[C@@H](C)C(=O)NC1O[C@H](CO)[C@@H](O)[C@H](O)[C@H]1O. The topological polar surface area (TPSA) is 145 Å². The van der Waals surface area contributed by atoms with Gasteiger partial charge in [-0.25, -0.2) is 0 Å². The molecule has 6 atom stereocenters. The molecule has 1 unspecified atom stereocenters. The van der Waals surface area contributed by atoms with Crippen molar-refractivity contribution in [2.24, 2.45) is 5.73 Å². The van der Waals surface area contributed by atoms with Gasteiger partial charge in [0.05, 0.1) is 12.6 Å². The zero-order valence-electron chi connectivity index (χ0n) is 10.3. The van der Waals surface area contributed by atoms with Gasteiger partial charge in [0.15, 0.2) is 6.23 Å². The molecule has 17 heavy (non-hydrogen) atoms. The van der Waals surface area contributed by atoms with Crippen LogP contribution in [0, 0.1) is 0 Å². The van der Waals surface area contributed by atoms with E-state index in [1.54, 1.807) is 0 Å². The summed E-state index contributed by atoms with van der Waals surface area (Å²) in [5.41, 5.74) is 1.95. The summed E-state index contributed by atoms with van der Waals surface area (Å²) in [5, 5.41) is 39.8. The summed E-state index contributed by atoms with van der Waals surface area (Å²) in [6, 6.07) is -0.836. The quantitative estimate of drug-likeness (QED) is 0.301. The van der Waals surface area contributed by atoms with Crippen molar-refractivity contribution in [3.63, 3.8) is 0 Å². The van der Waals surface area contributed by atoms with Crippen LogP contribution in [-0.2, 0) is 9.53 Å². The van der Waals surface area contributed by atoms with Crippen molar-refractivity contribution >= 4 is 5.91 Å². The molecule has 0 aliphatic carbocycles. The van der Waals surface area contributed by atoms with Crippen LogP contribution < -0.4 is 11.0 Å². The van der Waals surface area contributed by atoms with E-state index in [4.69, 9.17) is 11.3 Å². The average molecular weight is 251 g/mol. The second kappa shape index (κ2) is 5.71. The normalized spacial score (nSPS) is 40.5. The molecular weight excluding hydrogens is 232 g/mol. The molecule has 0 bridgehead atoms. The number of ether oxygens (including phenoxy) is 1. The highest BCUT2D eigenvalue weighted by Crippen LogP contribution is 2.19. The Morgan fingerprint density at radius 1 is 1.47 bits per heavy atom. The molecular formula is C9H18N2O6. The number of nitrogens with one attached hydrogen (secondary N) is 1. The molecule has 1 aliphatic heterocycles. The summed E-state index contributed by atoms with van der Waals surface area (Å²) >= 11 is 0. The molecule has 0 aromatic heterocycles. The number of hydrogen-bond acceptors (Lipinski definition) is 7. The highest BCUT2D eigenvalue weighted by atomic mass is 16.6. The van der Waals surface area contributed by atoms with Crippen molar-refractivity contribution < 1.29 is 31.4 Å². The summed E-state index contributed by atoms with van der Waals surface area (Å²) in [4.78, 5) is 11.5. The largest absolute Gasteiger partial charge is 0.394 e. The molecule has 1 amide bonds. The Bertz CT molecular complexity index is 292. The number of carbonyl (C=O) groups excluding carboxylic acids is 1. The Hall–Kier alpha value is -0.770. The van der Waals surface area contributed by atoms with Gasteiger partial charge >= 0.3 is 0 Å². The van der Waals surface area contributed by atoms with Gasteiger partial charge in [0, 0.05) is 0 Å². The van der Waals surface area contributed by atoms with Crippen LogP contribution in [0.25, 0.3) is 0 Å². The van der Waals surface area contributed by atoms with E-state index in [0.29, 0.717) is 0 Å². The highest BCUT2D eigenvalue weighted by Gasteiger charge is 2.44. The lowest BCUT2D eigenvalue weighted by Gasteiger charge is -2.40. The fourth-order valence-corrected chi connectivity index (χ4v) is 1.49. The minimum Gasteiger partial charge on any atom is -0.394 e. The van der Waals surface area contributed by atoms with E-state index in [1.807, 2.05) is 5.73 Å². The molecule has 0 spiro atoms. The van der Waals surface area contributed by atoms with Gasteiger partial charge in [-0.3, -0.25) is 4.79 Å². The summed E-state index contributed by atoms with van der Waals surface area (Å²) < 4.78 is 11.9. The third kappa shape index (κ3) is 3.12. The Morgan fingerprint density at radius 3 is 2.65 bits per heavy atom. The fourth-order valence-electron chi connectivity index (χ4n) is 1.49. The molecule has 0 saturated carbocycles. The minimum atomic E-state index is -1.54. The van der Waals surface area contributed by atoms with Crippen LogP contribution in [0.1, 0.15) is 6.92 Å². The van der Waals surface area contributed by atoms with Gasteiger partial charge in [0.1, 0.15) is 25.8 Å². The molecule has 7 N–H and O–H groups in total. The van der Waals surface area contributed by atoms with Crippen molar-refractivity contribution in [1.29, 1.82) is 0 Å². The summed E-state index contributed by atoms with van der Waals surface area (Å²) in [6.45, 7) is 0.857. The second-order valence-electron chi connectivity index (χ2n) is 3.98. The maximum absolute atomic E-state index is 11.5. The lowest BCUT2D eigenvalue weighted by atomic mass is 9.98. The zero-order valence-corrected chi connectivity index (χ0v) is 9.28. The first-order chi connectivity index (χ1) is 8.42. The van der Waals surface area contributed by atoms with Crippen LogP contribution in [0.4, 0.5) is 0 Å². The van der Waals surface area contributed by atoms with E-state index in [1.165, 1.54) is 6.92 Å². The van der Waals surface area contributed by atoms with Crippen LogP contribution in [-0.4, -0.2) is 69.6 Å². The lowest BCUT2D eigenvalue weighted by molar-refractivity contribution is -0.236. The van der Waals surface area contributed by atoms with Crippen molar-refractivity contribution in [2.75, 3.05) is 6.61 Å². The third-order valence-electron chi connectivity index (χ3n) is 2.57. The molecule has 1 aliphatic rings. The Labute approximate surface area is 99.5 Å². The van der Waals surface area contributed by atoms with E-state index >= 15 is 0 Å². The van der Waals surface area contributed by atoms with E-state index in [2.05, 4.69) is 5.32 Å². The number of carbonyl (C=O) groups is 1. The third-order valence-corrected chi connectivity index (χ3v) is 2.57. The minimum absolute atomic E-state index is 0.566. The van der Waals surface area contributed by atoms with Crippen molar-refractivity contribution in [2.45, 2.75) is 43.6 Å². The number of hydrogen-bond donors (Lipinski definition) is 6. The van der Waals surface area contributed by atoms with Gasteiger partial charge in [-0.15, -0.1) is 0 Å². The molecule has 8 heteroatoms. The molecule has 8 nitrogen and oxygen atoms in total. The molecule has 1 rings (SSSR count). The smallest absolute Gasteiger partial charge is 0.238 e. The lowest BCUT2D eigenvalue weighted by Crippen LogP contribution is -2.64. The van der Waals surface area contributed by atoms with Gasteiger partial charge in [-0.2, -0.15) is 0 Å². The van der Waals surface area contributed by atoms with Gasteiger partial charge in [0.25, 0.3) is 0 Å². The maximum atomic E-state index is 11.5. The van der Waals surface area contributed by atoms with E-state index in [-0.39, 0.29) is 0 Å². The highest BCUT2D eigenvalue weighted by molar-refractivity contribution is 5.81. The van der Waals surface area contributed by atoms with E-state index in [9.17, 15) is 20.1 Å². The molecule has 1 fully saturated rings. The molecule has 1 heterocycles. The first-order valence-corrected chi connectivity index (χ1v) is 5.20. The Kier molecular flexibility index (Phi) is 4.26. The van der Waals surface area contributed by atoms with Crippen molar-refractivity contribution in [1.82, 2.24) is 5.32 Å². The first kappa shape index (κ1) is 12.7. The van der Waals surface area contributed by atoms with Crippen LogP contribution in [0.2, 0.25) is 1.41 Å². The van der Waals surface area contributed by atoms with Crippen LogP contribution >= 0.6 is 0 Å². The predicted molar refractivity (Wildman–Crippen MR) is 55.6 cm³/mol. The molecule has 0 radical (unpaired) electrons. The molecule has 0 aromatic rings. The van der Waals surface area contributed by atoms with Crippen LogP contribution in [0.5, 0.6) is 0 Å². The van der Waals surface area contributed by atoms with Gasteiger partial charge < -0.3 is 36.2 Å². The number of aliphatic hydroxyl groups is 4. The zero-order chi connectivity index (χ0) is 13.9. The van der Waals surface area contributed by atoms with Crippen molar-refractivity contribution in [3.05, 3.63) is 0 Å². The monoisotopic (exact) mass is 251 g/mol. The predicted octanol–water partition coefficient (Wildman–Crippen LogP) is -3.75. The van der Waals surface area contributed by atoms with Crippen LogP contribution in [0.3, 0.4) is 0 Å². The Balaban J connectivity index is 2.67. The van der Waals surface area contributed by atoms with E-state index in [0.717, 1.165) is 0 Å². The van der Waals surface area contributed by atoms with E-state index < -0.39 is 49.2 Å². The summed E-state index contributed by atoms with van der Waals surface area (Å²) in [5.74, 6) is -0.616. The first-order valence-electron chi connectivity index (χ1n) is 5.70. The Morgan fingerprint density at radius 2 is 2.12 bits per heavy atom. The van der Waals surface area contributed by atoms with Crippen molar-refractivity contribution in [3.8, 4) is 0 Å².